The van der Waals surface area contributed by atoms with Gasteiger partial charge in [0.1, 0.15) is 11.6 Å². The number of aromatic nitrogens is 4. The fraction of sp³-hybridized carbons (Fsp3) is 0.586. The molecular formula is C29H39N7. The van der Waals surface area contributed by atoms with Crippen LogP contribution in [-0.2, 0) is 0 Å². The van der Waals surface area contributed by atoms with E-state index < -0.39 is 0 Å². The standard InChI is InChI=1S/C29H39N7/c1-19(20-7-5-4-6-8-20)33-25-15-22(11-12-31-25)27-34-24-17-30-16-23(21-9-10-21)26(24)28(35-27)36-14-13-32-29(2,3)18-36/h11-12,15-17,19-21,32H,4-10,13-14,18H2,1-3H3,(H,31,33). The van der Waals surface area contributed by atoms with Crippen molar-refractivity contribution in [3.05, 3.63) is 36.3 Å². The largest absolute Gasteiger partial charge is 0.367 e. The molecule has 1 atom stereocenters. The Morgan fingerprint density at radius 1 is 1.08 bits per heavy atom. The summed E-state index contributed by atoms with van der Waals surface area (Å²) in [6.45, 7) is 9.62. The van der Waals surface area contributed by atoms with Gasteiger partial charge in [-0.1, -0.05) is 19.3 Å². The molecule has 2 aliphatic carbocycles. The molecule has 0 radical (unpaired) electrons. The molecule has 0 bridgehead atoms. The molecule has 7 heteroatoms. The molecule has 0 spiro atoms. The number of nitrogens with zero attached hydrogens (tertiary/aromatic N) is 5. The van der Waals surface area contributed by atoms with Crippen molar-refractivity contribution >= 4 is 22.5 Å². The predicted octanol–water partition coefficient (Wildman–Crippen LogP) is 5.53. The van der Waals surface area contributed by atoms with Crippen LogP contribution >= 0.6 is 0 Å². The highest BCUT2D eigenvalue weighted by Gasteiger charge is 2.32. The molecule has 4 heterocycles. The van der Waals surface area contributed by atoms with Gasteiger partial charge in [-0.2, -0.15) is 0 Å². The predicted molar refractivity (Wildman–Crippen MR) is 146 cm³/mol. The number of piperazine rings is 1. The second kappa shape index (κ2) is 9.58. The van der Waals surface area contributed by atoms with Crippen LogP contribution in [-0.4, -0.2) is 51.2 Å². The van der Waals surface area contributed by atoms with Crippen LogP contribution < -0.4 is 15.5 Å². The van der Waals surface area contributed by atoms with Crippen molar-refractivity contribution in [3.63, 3.8) is 0 Å². The average molecular weight is 486 g/mol. The second-order valence-electron chi connectivity index (χ2n) is 11.8. The highest BCUT2D eigenvalue weighted by Crippen LogP contribution is 2.45. The molecule has 3 aromatic rings. The van der Waals surface area contributed by atoms with E-state index in [0.717, 1.165) is 54.1 Å². The van der Waals surface area contributed by atoms with E-state index in [-0.39, 0.29) is 5.54 Å². The molecule has 2 saturated carbocycles. The summed E-state index contributed by atoms with van der Waals surface area (Å²) in [6.07, 6.45) is 15.0. The second-order valence-corrected chi connectivity index (χ2v) is 11.8. The quantitative estimate of drug-likeness (QED) is 0.475. The lowest BCUT2D eigenvalue weighted by Gasteiger charge is -2.40. The molecule has 3 fully saturated rings. The summed E-state index contributed by atoms with van der Waals surface area (Å²) in [4.78, 5) is 22.0. The van der Waals surface area contributed by atoms with Crippen LogP contribution in [0.2, 0.25) is 0 Å². The van der Waals surface area contributed by atoms with Crippen molar-refractivity contribution in [2.45, 2.75) is 83.2 Å². The van der Waals surface area contributed by atoms with Gasteiger partial charge in [-0.05, 0) is 76.0 Å². The summed E-state index contributed by atoms with van der Waals surface area (Å²) >= 11 is 0. The van der Waals surface area contributed by atoms with Gasteiger partial charge < -0.3 is 15.5 Å². The molecule has 0 aromatic carbocycles. The number of rotatable bonds is 6. The van der Waals surface area contributed by atoms with Gasteiger partial charge in [0.2, 0.25) is 0 Å². The molecule has 1 unspecified atom stereocenters. The molecular weight excluding hydrogens is 446 g/mol. The third-order valence-corrected chi connectivity index (χ3v) is 8.26. The SMILES string of the molecule is CC(Nc1cc(-c2nc(N3CCNC(C)(C)C3)c3c(C4CC4)cncc3n2)ccn1)C1CCCCC1. The summed E-state index contributed by atoms with van der Waals surface area (Å²) < 4.78 is 0. The molecule has 190 valence electrons. The van der Waals surface area contributed by atoms with Crippen LogP contribution in [0, 0.1) is 5.92 Å². The summed E-state index contributed by atoms with van der Waals surface area (Å²) in [5.74, 6) is 4.01. The Bertz CT molecular complexity index is 1230. The number of anilines is 2. The smallest absolute Gasteiger partial charge is 0.162 e. The van der Waals surface area contributed by atoms with E-state index in [1.54, 1.807) is 0 Å². The van der Waals surface area contributed by atoms with E-state index in [0.29, 0.717) is 12.0 Å². The van der Waals surface area contributed by atoms with Gasteiger partial charge in [-0.3, -0.25) is 4.98 Å². The number of nitrogens with one attached hydrogen (secondary N) is 2. The van der Waals surface area contributed by atoms with Crippen molar-refractivity contribution in [1.82, 2.24) is 25.3 Å². The molecule has 7 nitrogen and oxygen atoms in total. The summed E-state index contributed by atoms with van der Waals surface area (Å²) in [5.41, 5.74) is 3.28. The number of hydrogen-bond donors (Lipinski definition) is 2. The fourth-order valence-electron chi connectivity index (χ4n) is 6.11. The highest BCUT2D eigenvalue weighted by molar-refractivity contribution is 5.94. The molecule has 3 aliphatic rings. The monoisotopic (exact) mass is 485 g/mol. The zero-order valence-electron chi connectivity index (χ0n) is 21.9. The number of fused-ring (bicyclic) bond motifs is 1. The van der Waals surface area contributed by atoms with Crippen LogP contribution in [0.4, 0.5) is 11.6 Å². The van der Waals surface area contributed by atoms with Crippen molar-refractivity contribution in [1.29, 1.82) is 0 Å². The first kappa shape index (κ1) is 23.6. The first-order valence-corrected chi connectivity index (χ1v) is 13.9. The lowest BCUT2D eigenvalue weighted by Crippen LogP contribution is -2.57. The van der Waals surface area contributed by atoms with E-state index in [2.05, 4.69) is 52.3 Å². The summed E-state index contributed by atoms with van der Waals surface area (Å²) in [6, 6.07) is 4.56. The minimum Gasteiger partial charge on any atom is -0.367 e. The van der Waals surface area contributed by atoms with E-state index >= 15 is 0 Å². The van der Waals surface area contributed by atoms with Crippen LogP contribution in [0.3, 0.4) is 0 Å². The zero-order valence-corrected chi connectivity index (χ0v) is 21.9. The number of pyridine rings is 2. The molecule has 0 amide bonds. The van der Waals surface area contributed by atoms with Gasteiger partial charge in [0.25, 0.3) is 0 Å². The van der Waals surface area contributed by atoms with Gasteiger partial charge >= 0.3 is 0 Å². The Balaban J connectivity index is 1.38. The van der Waals surface area contributed by atoms with Gasteiger partial charge in [0, 0.05) is 54.6 Å². The maximum Gasteiger partial charge on any atom is 0.162 e. The Kier molecular flexibility index (Phi) is 6.28. The lowest BCUT2D eigenvalue weighted by molar-refractivity contribution is 0.328. The maximum atomic E-state index is 5.25. The minimum absolute atomic E-state index is 0.0332. The topological polar surface area (TPSA) is 78.9 Å². The molecule has 1 aliphatic heterocycles. The molecule has 36 heavy (non-hydrogen) atoms. The summed E-state index contributed by atoms with van der Waals surface area (Å²) in [7, 11) is 0. The van der Waals surface area contributed by atoms with E-state index in [9.17, 15) is 0 Å². The van der Waals surface area contributed by atoms with Crippen molar-refractivity contribution in [2.75, 3.05) is 29.9 Å². The molecule has 3 aromatic heterocycles. The Morgan fingerprint density at radius 2 is 1.92 bits per heavy atom. The maximum absolute atomic E-state index is 5.25. The van der Waals surface area contributed by atoms with Crippen LogP contribution in [0.15, 0.2) is 30.7 Å². The fourth-order valence-corrected chi connectivity index (χ4v) is 6.11. The third-order valence-electron chi connectivity index (χ3n) is 8.26. The van der Waals surface area contributed by atoms with Crippen LogP contribution in [0.5, 0.6) is 0 Å². The van der Waals surface area contributed by atoms with Crippen LogP contribution in [0.1, 0.15) is 77.2 Å². The molecule has 2 N–H and O–H groups in total. The van der Waals surface area contributed by atoms with Gasteiger partial charge in [0.15, 0.2) is 5.82 Å². The van der Waals surface area contributed by atoms with Gasteiger partial charge in [-0.15, -0.1) is 0 Å². The van der Waals surface area contributed by atoms with Gasteiger partial charge in [0.05, 0.1) is 11.7 Å². The van der Waals surface area contributed by atoms with Crippen molar-refractivity contribution in [3.8, 4) is 11.4 Å². The van der Waals surface area contributed by atoms with Crippen molar-refractivity contribution in [2.24, 2.45) is 5.92 Å². The third kappa shape index (κ3) is 4.90. The first-order chi connectivity index (χ1) is 17.5. The zero-order chi connectivity index (χ0) is 24.7. The first-order valence-electron chi connectivity index (χ1n) is 13.9. The lowest BCUT2D eigenvalue weighted by atomic mass is 9.84. The normalized spacial score (nSPS) is 21.5. The Labute approximate surface area is 214 Å². The van der Waals surface area contributed by atoms with E-state index in [1.807, 2.05) is 24.7 Å². The molecule has 1 saturated heterocycles. The average Bonchev–Trinajstić information content (AvgIpc) is 3.73. The molecule has 6 rings (SSSR count). The van der Waals surface area contributed by atoms with E-state index in [4.69, 9.17) is 9.97 Å². The van der Waals surface area contributed by atoms with Crippen LogP contribution in [0.25, 0.3) is 22.3 Å². The Morgan fingerprint density at radius 3 is 2.69 bits per heavy atom. The van der Waals surface area contributed by atoms with E-state index in [1.165, 1.54) is 55.9 Å². The highest BCUT2D eigenvalue weighted by atomic mass is 15.3. The van der Waals surface area contributed by atoms with Gasteiger partial charge in [-0.25, -0.2) is 15.0 Å². The number of hydrogen-bond acceptors (Lipinski definition) is 7. The summed E-state index contributed by atoms with van der Waals surface area (Å²) in [5, 5.41) is 8.51. The minimum atomic E-state index is 0.0332. The Hall–Kier alpha value is -2.80. The van der Waals surface area contributed by atoms with Crippen molar-refractivity contribution < 1.29 is 0 Å².